The van der Waals surface area contributed by atoms with E-state index in [4.69, 9.17) is 16.7 Å². The molecule has 0 aliphatic heterocycles. The predicted molar refractivity (Wildman–Crippen MR) is 87.9 cm³/mol. The van der Waals surface area contributed by atoms with Gasteiger partial charge in [0.25, 0.3) is 0 Å². The van der Waals surface area contributed by atoms with Gasteiger partial charge in [0, 0.05) is 29.9 Å². The van der Waals surface area contributed by atoms with E-state index in [-0.39, 0.29) is 0 Å². The van der Waals surface area contributed by atoms with E-state index in [0.29, 0.717) is 11.1 Å². The van der Waals surface area contributed by atoms with E-state index in [0.717, 1.165) is 23.2 Å². The van der Waals surface area contributed by atoms with Crippen LogP contribution in [0, 0.1) is 5.92 Å². The second-order valence-electron chi connectivity index (χ2n) is 5.91. The molecular weight excluding hydrogens is 286 g/mol. The third-order valence-electron chi connectivity index (χ3n) is 4.25. The van der Waals surface area contributed by atoms with Crippen LogP contribution in [0.1, 0.15) is 38.2 Å². The molecule has 0 spiro atoms. The van der Waals surface area contributed by atoms with Crippen LogP contribution >= 0.6 is 11.6 Å². The minimum atomic E-state index is -0.969. The first kappa shape index (κ1) is 15.9. The second kappa shape index (κ2) is 6.99. The van der Waals surface area contributed by atoms with Crippen LogP contribution in [0.15, 0.2) is 24.3 Å². The summed E-state index contributed by atoms with van der Waals surface area (Å²) in [5, 5.41) is 9.25. The smallest absolute Gasteiger partial charge is 0.328 e. The van der Waals surface area contributed by atoms with Crippen LogP contribution in [0.4, 0.5) is 5.69 Å². The van der Waals surface area contributed by atoms with Crippen molar-refractivity contribution >= 4 is 29.3 Å². The molecule has 1 N–H and O–H groups in total. The van der Waals surface area contributed by atoms with Crippen molar-refractivity contribution in [3.05, 3.63) is 34.9 Å². The maximum atomic E-state index is 10.6. The third kappa shape index (κ3) is 4.24. The van der Waals surface area contributed by atoms with Crippen LogP contribution in [0.2, 0.25) is 5.02 Å². The van der Waals surface area contributed by atoms with E-state index >= 15 is 0 Å². The van der Waals surface area contributed by atoms with Gasteiger partial charge in [-0.2, -0.15) is 0 Å². The van der Waals surface area contributed by atoms with Crippen LogP contribution in [0.3, 0.4) is 0 Å². The van der Waals surface area contributed by atoms with Gasteiger partial charge in [-0.1, -0.05) is 37.4 Å². The van der Waals surface area contributed by atoms with Crippen molar-refractivity contribution < 1.29 is 9.90 Å². The van der Waals surface area contributed by atoms with Crippen molar-refractivity contribution in [1.82, 2.24) is 0 Å². The molecule has 1 fully saturated rings. The van der Waals surface area contributed by atoms with Crippen LogP contribution in [0.25, 0.3) is 6.08 Å². The molecule has 0 bridgehead atoms. The van der Waals surface area contributed by atoms with Crippen LogP contribution in [-0.4, -0.2) is 24.2 Å². The summed E-state index contributed by atoms with van der Waals surface area (Å²) in [6, 6.07) is 6.36. The van der Waals surface area contributed by atoms with Crippen molar-refractivity contribution in [2.24, 2.45) is 5.92 Å². The molecule has 1 aliphatic rings. The lowest BCUT2D eigenvalue weighted by Crippen LogP contribution is -2.35. The largest absolute Gasteiger partial charge is 0.478 e. The monoisotopic (exact) mass is 307 g/mol. The van der Waals surface area contributed by atoms with E-state index < -0.39 is 5.97 Å². The van der Waals surface area contributed by atoms with Gasteiger partial charge in [-0.25, -0.2) is 4.79 Å². The number of hydrogen-bond acceptors (Lipinski definition) is 2. The van der Waals surface area contributed by atoms with Crippen molar-refractivity contribution in [3.8, 4) is 0 Å². The molecule has 21 heavy (non-hydrogen) atoms. The summed E-state index contributed by atoms with van der Waals surface area (Å²) in [4.78, 5) is 12.9. The molecule has 1 aromatic carbocycles. The highest BCUT2D eigenvalue weighted by Gasteiger charge is 2.22. The lowest BCUT2D eigenvalue weighted by molar-refractivity contribution is -0.131. The first-order valence-corrected chi connectivity index (χ1v) is 7.78. The molecule has 3 nitrogen and oxygen atoms in total. The average molecular weight is 308 g/mol. The zero-order chi connectivity index (χ0) is 15.4. The van der Waals surface area contributed by atoms with Gasteiger partial charge in [-0.3, -0.25) is 0 Å². The molecule has 1 aliphatic carbocycles. The molecule has 1 aromatic rings. The molecule has 1 saturated carbocycles. The standard InChI is InChI=1S/C17H22ClNO2/c1-12-4-3-5-14(10-12)19(2)15-8-6-13(16(18)11-15)7-9-17(20)21/h6-9,11-12,14H,3-5,10H2,1-2H3,(H,20,21)/b9-7+. The van der Waals surface area contributed by atoms with Crippen molar-refractivity contribution in [1.29, 1.82) is 0 Å². The molecule has 0 amide bonds. The number of benzene rings is 1. The normalized spacial score (nSPS) is 22.4. The predicted octanol–water partition coefficient (Wildman–Crippen LogP) is 4.45. The topological polar surface area (TPSA) is 40.5 Å². The molecule has 114 valence electrons. The SMILES string of the molecule is CC1CCCC(N(C)c2ccc(/C=C/C(=O)O)c(Cl)c2)C1. The lowest BCUT2D eigenvalue weighted by atomic mass is 9.86. The highest BCUT2D eigenvalue weighted by molar-refractivity contribution is 6.32. The average Bonchev–Trinajstić information content (AvgIpc) is 2.45. The minimum absolute atomic E-state index is 0.560. The quantitative estimate of drug-likeness (QED) is 0.835. The number of aliphatic carboxylic acids is 1. The Morgan fingerprint density at radius 1 is 1.43 bits per heavy atom. The third-order valence-corrected chi connectivity index (χ3v) is 4.58. The zero-order valence-corrected chi connectivity index (χ0v) is 13.3. The fourth-order valence-corrected chi connectivity index (χ4v) is 3.23. The maximum absolute atomic E-state index is 10.6. The first-order valence-electron chi connectivity index (χ1n) is 7.40. The summed E-state index contributed by atoms with van der Waals surface area (Å²) in [6.07, 6.45) is 7.67. The molecule has 0 aromatic heterocycles. The van der Waals surface area contributed by atoms with E-state index in [9.17, 15) is 4.79 Å². The Morgan fingerprint density at radius 2 is 2.19 bits per heavy atom. The summed E-state index contributed by atoms with van der Waals surface area (Å²) in [6.45, 7) is 2.31. The molecule has 0 radical (unpaired) electrons. The minimum Gasteiger partial charge on any atom is -0.478 e. The Morgan fingerprint density at radius 3 is 2.81 bits per heavy atom. The van der Waals surface area contributed by atoms with Gasteiger partial charge in [0.05, 0.1) is 0 Å². The zero-order valence-electron chi connectivity index (χ0n) is 12.6. The van der Waals surface area contributed by atoms with Crippen LogP contribution in [-0.2, 0) is 4.79 Å². The summed E-state index contributed by atoms with van der Waals surface area (Å²) in [7, 11) is 2.11. The number of carbonyl (C=O) groups is 1. The highest BCUT2D eigenvalue weighted by Crippen LogP contribution is 2.31. The second-order valence-corrected chi connectivity index (χ2v) is 6.32. The van der Waals surface area contributed by atoms with Gasteiger partial charge >= 0.3 is 5.97 Å². The van der Waals surface area contributed by atoms with Gasteiger partial charge in [0.1, 0.15) is 0 Å². The number of nitrogens with zero attached hydrogens (tertiary/aromatic N) is 1. The Bertz CT molecular complexity index is 542. The summed E-state index contributed by atoms with van der Waals surface area (Å²) in [5.74, 6) is -0.192. The van der Waals surface area contributed by atoms with Crippen LogP contribution < -0.4 is 4.90 Å². The number of halogens is 1. The number of anilines is 1. The molecular formula is C17H22ClNO2. The van der Waals surface area contributed by atoms with Crippen LogP contribution in [0.5, 0.6) is 0 Å². The van der Waals surface area contributed by atoms with E-state index in [1.165, 1.54) is 31.8 Å². The molecule has 2 rings (SSSR count). The first-order chi connectivity index (χ1) is 9.97. The number of carboxylic acids is 1. The van der Waals surface area contributed by atoms with Crippen molar-refractivity contribution in [3.63, 3.8) is 0 Å². The summed E-state index contributed by atoms with van der Waals surface area (Å²) in [5.41, 5.74) is 1.82. The Kier molecular flexibility index (Phi) is 5.29. The molecule has 2 unspecified atom stereocenters. The summed E-state index contributed by atoms with van der Waals surface area (Å²) >= 11 is 6.25. The molecule has 0 heterocycles. The van der Waals surface area contributed by atoms with Gasteiger partial charge in [-0.15, -0.1) is 0 Å². The maximum Gasteiger partial charge on any atom is 0.328 e. The fourth-order valence-electron chi connectivity index (χ4n) is 3.00. The van der Waals surface area contributed by atoms with E-state index in [1.54, 1.807) is 0 Å². The Balaban J connectivity index is 2.13. The van der Waals surface area contributed by atoms with Gasteiger partial charge in [0.2, 0.25) is 0 Å². The van der Waals surface area contributed by atoms with E-state index in [1.807, 2.05) is 18.2 Å². The summed E-state index contributed by atoms with van der Waals surface area (Å²) < 4.78 is 0. The van der Waals surface area contributed by atoms with Crippen molar-refractivity contribution in [2.75, 3.05) is 11.9 Å². The van der Waals surface area contributed by atoms with Gasteiger partial charge in [-0.05, 0) is 42.5 Å². The van der Waals surface area contributed by atoms with Gasteiger partial charge in [0.15, 0.2) is 0 Å². The number of hydrogen-bond donors (Lipinski definition) is 1. The van der Waals surface area contributed by atoms with E-state index in [2.05, 4.69) is 18.9 Å². The number of rotatable bonds is 4. The fraction of sp³-hybridized carbons (Fsp3) is 0.471. The Labute approximate surface area is 131 Å². The molecule has 0 saturated heterocycles. The molecule has 4 heteroatoms. The Hall–Kier alpha value is -1.48. The highest BCUT2D eigenvalue weighted by atomic mass is 35.5. The molecule has 2 atom stereocenters. The van der Waals surface area contributed by atoms with Gasteiger partial charge < -0.3 is 10.0 Å². The van der Waals surface area contributed by atoms with Crippen molar-refractivity contribution in [2.45, 2.75) is 38.6 Å². The lowest BCUT2D eigenvalue weighted by Gasteiger charge is -2.35. The number of carboxylic acid groups (broad SMARTS) is 1.